The number of alkyl halides is 3. The first-order chi connectivity index (χ1) is 17.3. The molecule has 1 amide bonds. The maximum atomic E-state index is 12.7. The Morgan fingerprint density at radius 1 is 0.972 bits per heavy atom. The van der Waals surface area contributed by atoms with Gasteiger partial charge in [0.05, 0.1) is 12.1 Å². The van der Waals surface area contributed by atoms with Crippen LogP contribution in [0.1, 0.15) is 16.7 Å². The van der Waals surface area contributed by atoms with Gasteiger partial charge < -0.3 is 16.0 Å². The van der Waals surface area contributed by atoms with E-state index < -0.39 is 11.7 Å². The summed E-state index contributed by atoms with van der Waals surface area (Å²) in [7, 11) is 0. The molecule has 12 heteroatoms. The molecular formula is C24H21ClF3N7O. The topological polar surface area (TPSA) is 96.8 Å². The molecule has 0 saturated carbocycles. The van der Waals surface area contributed by atoms with Crippen LogP contribution in [-0.4, -0.2) is 32.0 Å². The zero-order valence-electron chi connectivity index (χ0n) is 18.8. The van der Waals surface area contributed by atoms with Gasteiger partial charge in [0, 0.05) is 36.6 Å². The van der Waals surface area contributed by atoms with E-state index in [4.69, 9.17) is 11.6 Å². The standard InChI is InChI=1S/C24H21ClF3N7O/c25-19-3-1-2-17(10-19)13-32-23-33-20(11-21(34-23)35-9-8-29-15-35)30-14-22(36)31-12-16-4-6-18(7-5-16)24(26,27)28/h1-11,15H,12-14H2,(H,31,36)(H2,30,32,33,34). The summed E-state index contributed by atoms with van der Waals surface area (Å²) in [5.41, 5.74) is 0.751. The molecule has 0 unspecified atom stereocenters. The van der Waals surface area contributed by atoms with Gasteiger partial charge in [0.2, 0.25) is 11.9 Å². The van der Waals surface area contributed by atoms with Crippen LogP contribution in [0.2, 0.25) is 5.02 Å². The first-order valence-corrected chi connectivity index (χ1v) is 11.2. The molecule has 0 fully saturated rings. The number of amides is 1. The normalized spacial score (nSPS) is 11.2. The Labute approximate surface area is 209 Å². The quantitative estimate of drug-likeness (QED) is 0.300. The zero-order chi connectivity index (χ0) is 25.5. The third-order valence-electron chi connectivity index (χ3n) is 5.02. The Morgan fingerprint density at radius 2 is 1.78 bits per heavy atom. The number of imidazole rings is 1. The number of carbonyl (C=O) groups excluding carboxylic acids is 1. The summed E-state index contributed by atoms with van der Waals surface area (Å²) in [6.07, 6.45) is 0.525. The van der Waals surface area contributed by atoms with E-state index in [2.05, 4.69) is 30.9 Å². The Balaban J connectivity index is 1.38. The first-order valence-electron chi connectivity index (χ1n) is 10.8. The molecule has 186 valence electrons. The van der Waals surface area contributed by atoms with Crippen molar-refractivity contribution in [3.63, 3.8) is 0 Å². The van der Waals surface area contributed by atoms with Crippen molar-refractivity contribution in [3.8, 4) is 5.82 Å². The van der Waals surface area contributed by atoms with Crippen molar-refractivity contribution >= 4 is 29.3 Å². The Hall–Kier alpha value is -4.12. The summed E-state index contributed by atoms with van der Waals surface area (Å²) < 4.78 is 39.8. The van der Waals surface area contributed by atoms with Gasteiger partial charge >= 0.3 is 6.18 Å². The molecule has 3 N–H and O–H groups in total. The van der Waals surface area contributed by atoms with Crippen molar-refractivity contribution in [3.05, 3.63) is 95.0 Å². The highest BCUT2D eigenvalue weighted by Crippen LogP contribution is 2.29. The van der Waals surface area contributed by atoms with E-state index in [0.29, 0.717) is 34.7 Å². The van der Waals surface area contributed by atoms with Crippen LogP contribution in [-0.2, 0) is 24.1 Å². The van der Waals surface area contributed by atoms with E-state index in [9.17, 15) is 18.0 Å². The molecule has 2 aromatic heterocycles. The Bertz CT molecular complexity index is 1310. The second-order valence-electron chi connectivity index (χ2n) is 7.71. The highest BCUT2D eigenvalue weighted by atomic mass is 35.5. The molecule has 36 heavy (non-hydrogen) atoms. The summed E-state index contributed by atoms with van der Waals surface area (Å²) in [6, 6.07) is 13.7. The second kappa shape index (κ2) is 11.1. The molecule has 0 atom stereocenters. The number of benzene rings is 2. The van der Waals surface area contributed by atoms with Crippen LogP contribution in [0, 0.1) is 0 Å². The average Bonchev–Trinajstić information content (AvgIpc) is 3.40. The van der Waals surface area contributed by atoms with Crippen LogP contribution in [0.5, 0.6) is 0 Å². The number of aromatic nitrogens is 4. The van der Waals surface area contributed by atoms with Gasteiger partial charge in [-0.25, -0.2) is 4.98 Å². The minimum atomic E-state index is -4.40. The lowest BCUT2D eigenvalue weighted by Crippen LogP contribution is -2.29. The van der Waals surface area contributed by atoms with Gasteiger partial charge in [0.15, 0.2) is 0 Å². The lowest BCUT2D eigenvalue weighted by molar-refractivity contribution is -0.137. The van der Waals surface area contributed by atoms with Crippen LogP contribution in [0.15, 0.2) is 73.3 Å². The third-order valence-corrected chi connectivity index (χ3v) is 5.26. The van der Waals surface area contributed by atoms with E-state index in [1.165, 1.54) is 12.1 Å². The number of carbonyl (C=O) groups is 1. The molecular weight excluding hydrogens is 495 g/mol. The maximum absolute atomic E-state index is 12.7. The van der Waals surface area contributed by atoms with Crippen LogP contribution in [0.3, 0.4) is 0 Å². The number of hydrogen-bond donors (Lipinski definition) is 3. The highest BCUT2D eigenvalue weighted by molar-refractivity contribution is 6.30. The minimum absolute atomic E-state index is 0.0924. The van der Waals surface area contributed by atoms with Crippen LogP contribution >= 0.6 is 11.6 Å². The van der Waals surface area contributed by atoms with Gasteiger partial charge in [-0.15, -0.1) is 0 Å². The monoisotopic (exact) mass is 515 g/mol. The van der Waals surface area contributed by atoms with E-state index in [1.54, 1.807) is 35.4 Å². The summed E-state index contributed by atoms with van der Waals surface area (Å²) in [5, 5.41) is 9.38. The number of anilines is 2. The van der Waals surface area contributed by atoms with Crippen molar-refractivity contribution in [2.75, 3.05) is 17.2 Å². The van der Waals surface area contributed by atoms with Crippen LogP contribution in [0.4, 0.5) is 24.9 Å². The summed E-state index contributed by atoms with van der Waals surface area (Å²) >= 11 is 6.04. The molecule has 4 aromatic rings. The lowest BCUT2D eigenvalue weighted by atomic mass is 10.1. The molecule has 0 aliphatic carbocycles. The molecule has 0 spiro atoms. The van der Waals surface area contributed by atoms with Gasteiger partial charge in [-0.1, -0.05) is 35.9 Å². The number of nitrogens with one attached hydrogen (secondary N) is 3. The van der Waals surface area contributed by atoms with Crippen molar-refractivity contribution in [1.82, 2.24) is 24.8 Å². The summed E-state index contributed by atoms with van der Waals surface area (Å²) in [4.78, 5) is 25.2. The fourth-order valence-electron chi connectivity index (χ4n) is 3.20. The van der Waals surface area contributed by atoms with E-state index in [-0.39, 0.29) is 19.0 Å². The van der Waals surface area contributed by atoms with Crippen LogP contribution < -0.4 is 16.0 Å². The predicted molar refractivity (Wildman–Crippen MR) is 130 cm³/mol. The van der Waals surface area contributed by atoms with Crippen LogP contribution in [0.25, 0.3) is 5.82 Å². The maximum Gasteiger partial charge on any atom is 0.416 e. The van der Waals surface area contributed by atoms with Gasteiger partial charge in [-0.05, 0) is 35.4 Å². The molecule has 4 rings (SSSR count). The molecule has 0 radical (unpaired) electrons. The smallest absolute Gasteiger partial charge is 0.361 e. The van der Waals surface area contributed by atoms with Gasteiger partial charge in [0.25, 0.3) is 0 Å². The Kier molecular flexibility index (Phi) is 7.69. The van der Waals surface area contributed by atoms with Crippen molar-refractivity contribution < 1.29 is 18.0 Å². The fraction of sp³-hybridized carbons (Fsp3) is 0.167. The predicted octanol–water partition coefficient (Wildman–Crippen LogP) is 4.67. The molecule has 0 aliphatic heterocycles. The average molecular weight is 516 g/mol. The van der Waals surface area contributed by atoms with Gasteiger partial charge in [0.1, 0.15) is 18.0 Å². The second-order valence-corrected chi connectivity index (χ2v) is 8.15. The summed E-state index contributed by atoms with van der Waals surface area (Å²) in [5.74, 6) is 0.899. The lowest BCUT2D eigenvalue weighted by Gasteiger charge is -2.12. The zero-order valence-corrected chi connectivity index (χ0v) is 19.5. The van der Waals surface area contributed by atoms with E-state index in [0.717, 1.165) is 17.7 Å². The van der Waals surface area contributed by atoms with Crippen molar-refractivity contribution in [2.24, 2.45) is 0 Å². The van der Waals surface area contributed by atoms with E-state index >= 15 is 0 Å². The molecule has 2 heterocycles. The van der Waals surface area contributed by atoms with E-state index in [1.807, 2.05) is 18.2 Å². The molecule has 0 saturated heterocycles. The number of hydrogen-bond acceptors (Lipinski definition) is 6. The van der Waals surface area contributed by atoms with Gasteiger partial charge in [-0.3, -0.25) is 9.36 Å². The number of rotatable bonds is 9. The molecule has 2 aromatic carbocycles. The van der Waals surface area contributed by atoms with Crippen molar-refractivity contribution in [2.45, 2.75) is 19.3 Å². The SMILES string of the molecule is O=C(CNc1cc(-n2ccnc2)nc(NCc2cccc(Cl)c2)n1)NCc1ccc(C(F)(F)F)cc1. The number of halogens is 4. The highest BCUT2D eigenvalue weighted by Gasteiger charge is 2.29. The molecule has 8 nitrogen and oxygen atoms in total. The molecule has 0 aliphatic rings. The largest absolute Gasteiger partial charge is 0.416 e. The van der Waals surface area contributed by atoms with Crippen molar-refractivity contribution in [1.29, 1.82) is 0 Å². The first kappa shape index (κ1) is 25.0. The number of nitrogens with zero attached hydrogens (tertiary/aromatic N) is 4. The minimum Gasteiger partial charge on any atom is -0.361 e. The third kappa shape index (κ3) is 6.95. The summed E-state index contributed by atoms with van der Waals surface area (Å²) in [6.45, 7) is 0.422. The fourth-order valence-corrected chi connectivity index (χ4v) is 3.42. The molecule has 0 bridgehead atoms. The Morgan fingerprint density at radius 3 is 2.47 bits per heavy atom. The van der Waals surface area contributed by atoms with Gasteiger partial charge in [-0.2, -0.15) is 23.1 Å².